The third-order valence-corrected chi connectivity index (χ3v) is 6.46. The minimum Gasteiger partial charge on any atom is -0.351 e. The van der Waals surface area contributed by atoms with Crippen LogP contribution >= 0.6 is 11.6 Å². The topological polar surface area (TPSA) is 62.2 Å². The number of piperazine rings is 1. The molecular weight excluding hydrogens is 453 g/mol. The summed E-state index contributed by atoms with van der Waals surface area (Å²) in [6, 6.07) is 14.0. The van der Waals surface area contributed by atoms with Crippen molar-refractivity contribution in [2.75, 3.05) is 31.1 Å². The molecule has 2 aromatic carbocycles. The first kappa shape index (κ1) is 22.2. The third-order valence-electron chi connectivity index (χ3n) is 6.14. The van der Waals surface area contributed by atoms with Crippen molar-refractivity contribution in [3.05, 3.63) is 71.9 Å². The highest BCUT2D eigenvalue weighted by molar-refractivity contribution is 6.36. The smallest absolute Gasteiger partial charge is 0.282 e. The number of benzene rings is 2. The first-order valence-electron chi connectivity index (χ1n) is 11.2. The lowest BCUT2D eigenvalue weighted by Gasteiger charge is -2.35. The Hall–Kier alpha value is -3.58. The van der Waals surface area contributed by atoms with Gasteiger partial charge in [0.2, 0.25) is 0 Å². The minimum absolute atomic E-state index is 0.390. The second-order valence-corrected chi connectivity index (χ2v) is 8.64. The van der Waals surface area contributed by atoms with Gasteiger partial charge in [0.05, 0.1) is 5.52 Å². The molecule has 0 radical (unpaired) electrons. The Morgan fingerprint density at radius 1 is 1.12 bits per heavy atom. The molecule has 3 heterocycles. The molecule has 172 valence electrons. The predicted molar refractivity (Wildman–Crippen MR) is 134 cm³/mol. The van der Waals surface area contributed by atoms with Gasteiger partial charge >= 0.3 is 0 Å². The number of hydrogen-bond acceptors (Lipinski definition) is 5. The van der Waals surface area contributed by atoms with Gasteiger partial charge in [0.25, 0.3) is 5.91 Å². The highest BCUT2D eigenvalue weighted by atomic mass is 35.5. The Labute approximate surface area is 201 Å². The van der Waals surface area contributed by atoms with Crippen molar-refractivity contribution in [2.45, 2.75) is 13.3 Å². The van der Waals surface area contributed by atoms with Gasteiger partial charge in [0, 0.05) is 54.8 Å². The van der Waals surface area contributed by atoms with E-state index in [4.69, 9.17) is 26.6 Å². The van der Waals surface area contributed by atoms with Crippen LogP contribution in [0.3, 0.4) is 0 Å². The Bertz CT molecular complexity index is 1430. The summed E-state index contributed by atoms with van der Waals surface area (Å²) < 4.78 is 13.3. The number of aromatic nitrogens is 3. The maximum atomic E-state index is 13.3. The number of amides is 1. The molecule has 1 amide bonds. The zero-order valence-corrected chi connectivity index (χ0v) is 19.5. The standard InChI is InChI=1S/C26H23ClFN5O/c1-3-22-30-21-14-18(19-8-4-6-17-7-5-9-20(27)23(17)19)15-29-24(21)25(31-22)32-10-12-33(13-11-32)26(34)16(2)28/h4-9,14-15H,2-3,10-13H2,1H3. The van der Waals surface area contributed by atoms with Gasteiger partial charge in [0.1, 0.15) is 11.3 Å². The van der Waals surface area contributed by atoms with Gasteiger partial charge in [-0.1, -0.05) is 55.4 Å². The molecule has 0 bridgehead atoms. The van der Waals surface area contributed by atoms with E-state index in [-0.39, 0.29) is 0 Å². The molecule has 1 aliphatic rings. The van der Waals surface area contributed by atoms with E-state index in [1.807, 2.05) is 55.6 Å². The highest BCUT2D eigenvalue weighted by Crippen LogP contribution is 2.35. The van der Waals surface area contributed by atoms with E-state index in [1.54, 1.807) is 0 Å². The van der Waals surface area contributed by atoms with E-state index >= 15 is 0 Å². The molecular formula is C26H23ClFN5O. The van der Waals surface area contributed by atoms with E-state index in [0.29, 0.717) is 49.0 Å². The first-order chi connectivity index (χ1) is 16.5. The van der Waals surface area contributed by atoms with Crippen LogP contribution in [-0.4, -0.2) is 51.9 Å². The van der Waals surface area contributed by atoms with E-state index in [2.05, 4.69) is 11.5 Å². The van der Waals surface area contributed by atoms with Crippen molar-refractivity contribution in [1.82, 2.24) is 19.9 Å². The largest absolute Gasteiger partial charge is 0.351 e. The summed E-state index contributed by atoms with van der Waals surface area (Å²) >= 11 is 6.55. The minimum atomic E-state index is -0.933. The molecule has 8 heteroatoms. The number of hydrogen-bond donors (Lipinski definition) is 0. The second kappa shape index (κ2) is 8.99. The molecule has 0 atom stereocenters. The van der Waals surface area contributed by atoms with Gasteiger partial charge in [-0.25, -0.2) is 14.4 Å². The maximum Gasteiger partial charge on any atom is 0.282 e. The Morgan fingerprint density at radius 3 is 2.56 bits per heavy atom. The van der Waals surface area contributed by atoms with Crippen LogP contribution in [0.1, 0.15) is 12.7 Å². The molecule has 0 aliphatic carbocycles. The van der Waals surface area contributed by atoms with Crippen molar-refractivity contribution < 1.29 is 9.18 Å². The quantitative estimate of drug-likeness (QED) is 0.380. The summed E-state index contributed by atoms with van der Waals surface area (Å²) in [7, 11) is 0. The van der Waals surface area contributed by atoms with Crippen LogP contribution in [0.5, 0.6) is 0 Å². The van der Waals surface area contributed by atoms with Crippen LogP contribution in [0.4, 0.5) is 10.2 Å². The second-order valence-electron chi connectivity index (χ2n) is 8.24. The fourth-order valence-electron chi connectivity index (χ4n) is 4.40. The van der Waals surface area contributed by atoms with Crippen molar-refractivity contribution in [3.63, 3.8) is 0 Å². The van der Waals surface area contributed by atoms with Crippen molar-refractivity contribution >= 4 is 45.1 Å². The molecule has 1 aliphatic heterocycles. The summed E-state index contributed by atoms with van der Waals surface area (Å²) in [5.74, 6) is -0.140. The average molecular weight is 476 g/mol. The van der Waals surface area contributed by atoms with Gasteiger partial charge in [-0.15, -0.1) is 0 Å². The van der Waals surface area contributed by atoms with E-state index in [0.717, 1.165) is 33.2 Å². The number of anilines is 1. The number of carbonyl (C=O) groups is 1. The number of halogens is 2. The molecule has 2 aromatic heterocycles. The predicted octanol–water partition coefficient (Wildman–Crippen LogP) is 5.19. The molecule has 0 N–H and O–H groups in total. The summed E-state index contributed by atoms with van der Waals surface area (Å²) in [5.41, 5.74) is 3.37. The van der Waals surface area contributed by atoms with Gasteiger partial charge in [-0.2, -0.15) is 0 Å². The molecule has 5 rings (SSSR count). The van der Waals surface area contributed by atoms with Crippen molar-refractivity contribution in [2.24, 2.45) is 0 Å². The van der Waals surface area contributed by atoms with Gasteiger partial charge in [-0.05, 0) is 23.1 Å². The summed E-state index contributed by atoms with van der Waals surface area (Å²) in [6.45, 7) is 6.96. The average Bonchev–Trinajstić information content (AvgIpc) is 2.87. The molecule has 0 saturated carbocycles. The molecule has 1 fully saturated rings. The zero-order valence-electron chi connectivity index (χ0n) is 18.8. The van der Waals surface area contributed by atoms with Gasteiger partial charge in [-0.3, -0.25) is 9.78 Å². The molecule has 0 unspecified atom stereocenters. The highest BCUT2D eigenvalue weighted by Gasteiger charge is 2.25. The number of carbonyl (C=O) groups excluding carboxylic acids is 1. The lowest BCUT2D eigenvalue weighted by atomic mass is 9.99. The lowest BCUT2D eigenvalue weighted by molar-refractivity contribution is -0.128. The van der Waals surface area contributed by atoms with Crippen LogP contribution in [0.15, 0.2) is 61.1 Å². The van der Waals surface area contributed by atoms with E-state index in [1.165, 1.54) is 4.90 Å². The van der Waals surface area contributed by atoms with Crippen molar-refractivity contribution in [3.8, 4) is 11.1 Å². The zero-order chi connectivity index (χ0) is 23.8. The van der Waals surface area contributed by atoms with Crippen LogP contribution in [0.2, 0.25) is 5.02 Å². The Balaban J connectivity index is 1.55. The number of fused-ring (bicyclic) bond motifs is 2. The van der Waals surface area contributed by atoms with Gasteiger partial charge < -0.3 is 9.80 Å². The molecule has 6 nitrogen and oxygen atoms in total. The number of rotatable bonds is 4. The van der Waals surface area contributed by atoms with Gasteiger partial charge in [0.15, 0.2) is 11.6 Å². The van der Waals surface area contributed by atoms with Crippen LogP contribution in [-0.2, 0) is 11.2 Å². The number of pyridine rings is 1. The summed E-state index contributed by atoms with van der Waals surface area (Å²) in [5, 5.41) is 2.73. The maximum absolute atomic E-state index is 13.3. The van der Waals surface area contributed by atoms with Crippen LogP contribution in [0.25, 0.3) is 32.9 Å². The van der Waals surface area contributed by atoms with E-state index in [9.17, 15) is 9.18 Å². The fraction of sp³-hybridized carbons (Fsp3) is 0.231. The number of nitrogens with zero attached hydrogens (tertiary/aromatic N) is 5. The number of aryl methyl sites for hydroxylation is 1. The SMILES string of the molecule is C=C(F)C(=O)N1CCN(c2nc(CC)nc3cc(-c4cccc5cccc(Cl)c45)cnc23)CC1. The molecule has 34 heavy (non-hydrogen) atoms. The van der Waals surface area contributed by atoms with E-state index < -0.39 is 11.7 Å². The lowest BCUT2D eigenvalue weighted by Crippen LogP contribution is -2.49. The Kier molecular flexibility index (Phi) is 5.87. The van der Waals surface area contributed by atoms with Crippen molar-refractivity contribution in [1.29, 1.82) is 0 Å². The van der Waals surface area contributed by atoms with Crippen LogP contribution < -0.4 is 4.90 Å². The molecule has 1 saturated heterocycles. The summed E-state index contributed by atoms with van der Waals surface area (Å²) in [4.78, 5) is 29.7. The monoisotopic (exact) mass is 475 g/mol. The fourth-order valence-corrected chi connectivity index (χ4v) is 4.69. The molecule has 0 spiro atoms. The first-order valence-corrected chi connectivity index (χ1v) is 11.6. The normalized spacial score (nSPS) is 14.1. The Morgan fingerprint density at radius 2 is 1.85 bits per heavy atom. The third kappa shape index (κ3) is 3.96. The summed E-state index contributed by atoms with van der Waals surface area (Å²) in [6.07, 6.45) is 2.50. The van der Waals surface area contributed by atoms with Crippen LogP contribution in [0, 0.1) is 0 Å². The molecule has 4 aromatic rings.